The smallest absolute Gasteiger partial charge is 0.367 e. The minimum atomic E-state index is -4.36. The summed E-state index contributed by atoms with van der Waals surface area (Å²) in [7, 11) is 3.80. The zero-order valence-corrected chi connectivity index (χ0v) is 16.3. The van der Waals surface area contributed by atoms with E-state index < -0.39 is 12.8 Å². The number of carbonyl (C=O) groups excluding carboxylic acids is 1. The third-order valence-corrected chi connectivity index (χ3v) is 4.44. The van der Waals surface area contributed by atoms with Crippen LogP contribution in [0.5, 0.6) is 0 Å². The number of amides is 1. The molecular formula is C20H22ClF3N2O2. The standard InChI is InChI=1S/C20H22ClF3N2O2/c1-26(2)18(16-5-3-4-6-17(16)21)11-25-19(27)15-9-7-14(8-10-15)12-28-13-20(22,23)24/h3-10,18H,11-13H2,1-2H3,(H,25,27)/t18-/m0/s1. The highest BCUT2D eigenvalue weighted by molar-refractivity contribution is 6.31. The molecule has 2 rings (SSSR count). The number of hydrogen-bond acceptors (Lipinski definition) is 3. The van der Waals surface area contributed by atoms with Crippen molar-refractivity contribution in [3.05, 3.63) is 70.2 Å². The number of benzene rings is 2. The summed E-state index contributed by atoms with van der Waals surface area (Å²) < 4.78 is 40.9. The van der Waals surface area contributed by atoms with Crippen molar-refractivity contribution in [2.75, 3.05) is 27.2 Å². The first-order valence-electron chi connectivity index (χ1n) is 8.60. The molecule has 0 fully saturated rings. The summed E-state index contributed by atoms with van der Waals surface area (Å²) in [5.41, 5.74) is 1.88. The van der Waals surface area contributed by atoms with E-state index in [1.165, 1.54) is 0 Å². The van der Waals surface area contributed by atoms with Crippen molar-refractivity contribution in [1.29, 1.82) is 0 Å². The van der Waals surface area contributed by atoms with Crippen LogP contribution >= 0.6 is 11.6 Å². The van der Waals surface area contributed by atoms with Crippen LogP contribution in [-0.4, -0.2) is 44.2 Å². The summed E-state index contributed by atoms with van der Waals surface area (Å²) in [6, 6.07) is 13.6. The lowest BCUT2D eigenvalue weighted by Crippen LogP contribution is -2.34. The van der Waals surface area contributed by atoms with E-state index in [1.54, 1.807) is 30.3 Å². The summed E-state index contributed by atoms with van der Waals surface area (Å²) in [6.07, 6.45) is -4.36. The van der Waals surface area contributed by atoms with E-state index in [-0.39, 0.29) is 18.6 Å². The minimum Gasteiger partial charge on any atom is -0.367 e. The molecule has 1 amide bonds. The fourth-order valence-electron chi connectivity index (χ4n) is 2.64. The predicted molar refractivity (Wildman–Crippen MR) is 102 cm³/mol. The normalized spacial score (nSPS) is 12.8. The topological polar surface area (TPSA) is 41.6 Å². The molecule has 0 saturated carbocycles. The number of hydrogen-bond donors (Lipinski definition) is 1. The first-order valence-corrected chi connectivity index (χ1v) is 8.97. The van der Waals surface area contributed by atoms with E-state index >= 15 is 0 Å². The van der Waals surface area contributed by atoms with Gasteiger partial charge in [0.05, 0.1) is 12.6 Å². The lowest BCUT2D eigenvalue weighted by atomic mass is 10.1. The van der Waals surface area contributed by atoms with Gasteiger partial charge in [0.15, 0.2) is 0 Å². The molecule has 0 heterocycles. The molecule has 4 nitrogen and oxygen atoms in total. The first-order chi connectivity index (χ1) is 13.2. The maximum absolute atomic E-state index is 12.4. The Morgan fingerprint density at radius 1 is 1.14 bits per heavy atom. The highest BCUT2D eigenvalue weighted by Crippen LogP contribution is 2.25. The number of likely N-dealkylation sites (N-methyl/N-ethyl adjacent to an activating group) is 1. The summed E-state index contributed by atoms with van der Waals surface area (Å²) >= 11 is 6.26. The van der Waals surface area contributed by atoms with Crippen LogP contribution in [0.4, 0.5) is 13.2 Å². The number of nitrogens with zero attached hydrogens (tertiary/aromatic N) is 1. The molecule has 8 heteroatoms. The molecule has 1 atom stereocenters. The van der Waals surface area contributed by atoms with Gasteiger partial charge in [-0.15, -0.1) is 0 Å². The van der Waals surface area contributed by atoms with E-state index in [9.17, 15) is 18.0 Å². The zero-order valence-electron chi connectivity index (χ0n) is 15.6. The van der Waals surface area contributed by atoms with Crippen molar-refractivity contribution >= 4 is 17.5 Å². The van der Waals surface area contributed by atoms with Gasteiger partial charge in [0, 0.05) is 17.1 Å². The van der Waals surface area contributed by atoms with Gasteiger partial charge < -0.3 is 15.0 Å². The summed E-state index contributed by atoms with van der Waals surface area (Å²) in [5, 5.41) is 3.49. The Balaban J connectivity index is 1.94. The van der Waals surface area contributed by atoms with Crippen LogP contribution in [0.2, 0.25) is 5.02 Å². The quantitative estimate of drug-likeness (QED) is 0.693. The molecule has 28 heavy (non-hydrogen) atoms. The zero-order chi connectivity index (χ0) is 20.7. The van der Waals surface area contributed by atoms with Gasteiger partial charge >= 0.3 is 6.18 Å². The molecule has 0 saturated heterocycles. The lowest BCUT2D eigenvalue weighted by molar-refractivity contribution is -0.176. The molecule has 0 aliphatic heterocycles. The molecular weight excluding hydrogens is 393 g/mol. The van der Waals surface area contributed by atoms with Crippen LogP contribution in [0, 0.1) is 0 Å². The molecule has 2 aromatic carbocycles. The van der Waals surface area contributed by atoms with Gasteiger partial charge in [-0.05, 0) is 43.4 Å². The van der Waals surface area contributed by atoms with Crippen molar-refractivity contribution in [2.24, 2.45) is 0 Å². The Bertz CT molecular complexity index is 780. The molecule has 0 aromatic heterocycles. The van der Waals surface area contributed by atoms with Crippen LogP contribution < -0.4 is 5.32 Å². The van der Waals surface area contributed by atoms with Crippen LogP contribution in [0.25, 0.3) is 0 Å². The van der Waals surface area contributed by atoms with E-state index in [1.807, 2.05) is 37.2 Å². The third-order valence-electron chi connectivity index (χ3n) is 4.09. The van der Waals surface area contributed by atoms with E-state index in [0.29, 0.717) is 22.7 Å². The maximum Gasteiger partial charge on any atom is 0.411 e. The SMILES string of the molecule is CN(C)[C@@H](CNC(=O)c1ccc(COCC(F)(F)F)cc1)c1ccccc1Cl. The van der Waals surface area contributed by atoms with Crippen LogP contribution in [0.15, 0.2) is 48.5 Å². The van der Waals surface area contributed by atoms with Gasteiger partial charge in [-0.1, -0.05) is 41.9 Å². The Kier molecular flexibility index (Phi) is 7.86. The maximum atomic E-state index is 12.4. The van der Waals surface area contributed by atoms with Crippen LogP contribution in [-0.2, 0) is 11.3 Å². The lowest BCUT2D eigenvalue weighted by Gasteiger charge is -2.26. The highest BCUT2D eigenvalue weighted by atomic mass is 35.5. The molecule has 0 aliphatic rings. The molecule has 152 valence electrons. The molecule has 1 N–H and O–H groups in total. The van der Waals surface area contributed by atoms with Gasteiger partial charge in [-0.2, -0.15) is 13.2 Å². The molecule has 0 unspecified atom stereocenters. The Morgan fingerprint density at radius 3 is 2.36 bits per heavy atom. The van der Waals surface area contributed by atoms with Crippen LogP contribution in [0.1, 0.15) is 27.5 Å². The summed E-state index contributed by atoms with van der Waals surface area (Å²) in [4.78, 5) is 14.4. The molecule has 0 radical (unpaired) electrons. The predicted octanol–water partition coefficient (Wildman–Crippen LogP) is 4.45. The van der Waals surface area contributed by atoms with Gasteiger partial charge in [0.2, 0.25) is 0 Å². The number of ether oxygens (including phenoxy) is 1. The van der Waals surface area contributed by atoms with Crippen molar-refractivity contribution in [3.8, 4) is 0 Å². The molecule has 0 aliphatic carbocycles. The minimum absolute atomic E-state index is 0.104. The Labute approximate surface area is 167 Å². The number of carbonyl (C=O) groups is 1. The van der Waals surface area contributed by atoms with Crippen molar-refractivity contribution in [2.45, 2.75) is 18.8 Å². The second-order valence-electron chi connectivity index (χ2n) is 6.52. The van der Waals surface area contributed by atoms with Gasteiger partial charge in [0.25, 0.3) is 5.91 Å². The fourth-order valence-corrected chi connectivity index (χ4v) is 2.91. The van der Waals surface area contributed by atoms with Gasteiger partial charge in [0.1, 0.15) is 6.61 Å². The average molecular weight is 415 g/mol. The largest absolute Gasteiger partial charge is 0.411 e. The second kappa shape index (κ2) is 9.91. The summed E-state index contributed by atoms with van der Waals surface area (Å²) in [5.74, 6) is -0.276. The number of alkyl halides is 3. The first kappa shape index (κ1) is 22.2. The number of nitrogens with one attached hydrogen (secondary N) is 1. The number of halogens is 4. The van der Waals surface area contributed by atoms with E-state index in [2.05, 4.69) is 10.1 Å². The third kappa shape index (κ3) is 6.82. The summed E-state index contributed by atoms with van der Waals surface area (Å²) in [6.45, 7) is -1.12. The van der Waals surface area contributed by atoms with Crippen molar-refractivity contribution < 1.29 is 22.7 Å². The van der Waals surface area contributed by atoms with Crippen LogP contribution in [0.3, 0.4) is 0 Å². The second-order valence-corrected chi connectivity index (χ2v) is 6.92. The van der Waals surface area contributed by atoms with Gasteiger partial charge in [-0.3, -0.25) is 4.79 Å². The number of rotatable bonds is 8. The van der Waals surface area contributed by atoms with Crippen molar-refractivity contribution in [3.63, 3.8) is 0 Å². The molecule has 2 aromatic rings. The van der Waals surface area contributed by atoms with E-state index in [0.717, 1.165) is 5.56 Å². The Morgan fingerprint density at radius 2 is 1.79 bits per heavy atom. The fraction of sp³-hybridized carbons (Fsp3) is 0.350. The Hall–Kier alpha value is -2.09. The molecule has 0 bridgehead atoms. The average Bonchev–Trinajstić information content (AvgIpc) is 2.62. The monoisotopic (exact) mass is 414 g/mol. The van der Waals surface area contributed by atoms with Gasteiger partial charge in [-0.25, -0.2) is 0 Å². The van der Waals surface area contributed by atoms with E-state index in [4.69, 9.17) is 11.6 Å². The van der Waals surface area contributed by atoms with Crippen molar-refractivity contribution in [1.82, 2.24) is 10.2 Å². The highest BCUT2D eigenvalue weighted by Gasteiger charge is 2.27. The molecule has 0 spiro atoms.